The van der Waals surface area contributed by atoms with Crippen LogP contribution >= 0.6 is 0 Å². The minimum atomic E-state index is -1.03. The van der Waals surface area contributed by atoms with Gasteiger partial charge in [-0.2, -0.15) is 0 Å². The minimum absolute atomic E-state index is 0.0547. The van der Waals surface area contributed by atoms with Gasteiger partial charge in [0.1, 0.15) is 0 Å². The van der Waals surface area contributed by atoms with Crippen molar-refractivity contribution in [2.75, 3.05) is 18.0 Å². The third-order valence-corrected chi connectivity index (χ3v) is 2.54. The maximum absolute atomic E-state index is 11.8. The molecule has 0 aliphatic carbocycles. The molecule has 0 fully saturated rings. The van der Waals surface area contributed by atoms with Gasteiger partial charge in [0.2, 0.25) is 5.91 Å². The van der Waals surface area contributed by atoms with Crippen molar-refractivity contribution in [3.63, 3.8) is 0 Å². The highest BCUT2D eigenvalue weighted by Gasteiger charge is 2.17. The third-order valence-electron chi connectivity index (χ3n) is 2.54. The minimum Gasteiger partial charge on any atom is -0.478 e. The standard InChI is InChI=1S/C13H19N3O3/c1-4-16(8-12(17)15-9(2)3)11-7-14-6-5-10(11)13(18)19/h5-7,9H,4,8H2,1-3H3,(H,15,17)(H,18,19). The van der Waals surface area contributed by atoms with Crippen LogP contribution in [0.25, 0.3) is 0 Å². The number of hydrogen-bond donors (Lipinski definition) is 2. The van der Waals surface area contributed by atoms with Gasteiger partial charge in [-0.05, 0) is 26.8 Å². The summed E-state index contributed by atoms with van der Waals surface area (Å²) >= 11 is 0. The number of aromatic carboxylic acids is 1. The van der Waals surface area contributed by atoms with E-state index in [2.05, 4.69) is 10.3 Å². The van der Waals surface area contributed by atoms with Crippen LogP contribution in [0, 0.1) is 0 Å². The third kappa shape index (κ3) is 4.24. The zero-order valence-corrected chi connectivity index (χ0v) is 11.4. The van der Waals surface area contributed by atoms with Crippen LogP contribution < -0.4 is 10.2 Å². The van der Waals surface area contributed by atoms with Gasteiger partial charge in [0.05, 0.1) is 24.0 Å². The molecule has 0 saturated heterocycles. The van der Waals surface area contributed by atoms with Crippen molar-refractivity contribution >= 4 is 17.6 Å². The van der Waals surface area contributed by atoms with Gasteiger partial charge in [-0.25, -0.2) is 4.79 Å². The average molecular weight is 265 g/mol. The Kier molecular flexibility index (Phi) is 5.29. The number of carbonyl (C=O) groups is 2. The lowest BCUT2D eigenvalue weighted by Crippen LogP contribution is -2.40. The van der Waals surface area contributed by atoms with Crippen LogP contribution in [0.5, 0.6) is 0 Å². The first-order valence-corrected chi connectivity index (χ1v) is 6.17. The predicted molar refractivity (Wildman–Crippen MR) is 72.4 cm³/mol. The second-order valence-electron chi connectivity index (χ2n) is 4.43. The van der Waals surface area contributed by atoms with Crippen LogP contribution in [0.1, 0.15) is 31.1 Å². The fraction of sp³-hybridized carbons (Fsp3) is 0.462. The van der Waals surface area contributed by atoms with Gasteiger partial charge in [-0.15, -0.1) is 0 Å². The second kappa shape index (κ2) is 6.72. The van der Waals surface area contributed by atoms with Crippen LogP contribution in [0.4, 0.5) is 5.69 Å². The molecule has 1 rings (SSSR count). The molecular formula is C13H19N3O3. The Hall–Kier alpha value is -2.11. The summed E-state index contributed by atoms with van der Waals surface area (Å²) in [6.07, 6.45) is 2.89. The summed E-state index contributed by atoms with van der Waals surface area (Å²) < 4.78 is 0. The molecule has 6 heteroatoms. The summed E-state index contributed by atoms with van der Waals surface area (Å²) in [5.74, 6) is -1.17. The Morgan fingerprint density at radius 1 is 1.47 bits per heavy atom. The maximum atomic E-state index is 11.8. The van der Waals surface area contributed by atoms with Gasteiger partial charge < -0.3 is 15.3 Å². The lowest BCUT2D eigenvalue weighted by atomic mass is 10.2. The van der Waals surface area contributed by atoms with E-state index in [-0.39, 0.29) is 24.1 Å². The molecule has 1 aromatic heterocycles. The van der Waals surface area contributed by atoms with E-state index in [4.69, 9.17) is 5.11 Å². The molecule has 0 aliphatic rings. The first-order valence-electron chi connectivity index (χ1n) is 6.17. The molecule has 19 heavy (non-hydrogen) atoms. The quantitative estimate of drug-likeness (QED) is 0.805. The summed E-state index contributed by atoms with van der Waals surface area (Å²) in [5.41, 5.74) is 0.602. The number of hydrogen-bond acceptors (Lipinski definition) is 4. The number of carboxylic acid groups (broad SMARTS) is 1. The van der Waals surface area contributed by atoms with Crippen molar-refractivity contribution in [2.24, 2.45) is 0 Å². The zero-order chi connectivity index (χ0) is 14.4. The Balaban J connectivity index is 2.91. The molecule has 0 atom stereocenters. The number of amides is 1. The first-order chi connectivity index (χ1) is 8.95. The summed E-state index contributed by atoms with van der Waals surface area (Å²) in [6.45, 7) is 6.25. The number of likely N-dealkylation sites (N-methyl/N-ethyl adjacent to an activating group) is 1. The fourth-order valence-corrected chi connectivity index (χ4v) is 1.73. The molecule has 2 N–H and O–H groups in total. The number of rotatable bonds is 6. The maximum Gasteiger partial charge on any atom is 0.337 e. The van der Waals surface area contributed by atoms with E-state index in [0.29, 0.717) is 12.2 Å². The Morgan fingerprint density at radius 3 is 2.68 bits per heavy atom. The van der Waals surface area contributed by atoms with Crippen LogP contribution in [-0.4, -0.2) is 41.1 Å². The van der Waals surface area contributed by atoms with Crippen molar-refractivity contribution in [3.8, 4) is 0 Å². The fourth-order valence-electron chi connectivity index (χ4n) is 1.73. The molecule has 1 amide bonds. The predicted octanol–water partition coefficient (Wildman–Crippen LogP) is 1.13. The lowest BCUT2D eigenvalue weighted by molar-refractivity contribution is -0.120. The van der Waals surface area contributed by atoms with Crippen LogP contribution in [-0.2, 0) is 4.79 Å². The molecular weight excluding hydrogens is 246 g/mol. The number of anilines is 1. The van der Waals surface area contributed by atoms with Crippen molar-refractivity contribution in [3.05, 3.63) is 24.0 Å². The van der Waals surface area contributed by atoms with Gasteiger partial charge in [0.25, 0.3) is 0 Å². The molecule has 0 aromatic carbocycles. The van der Waals surface area contributed by atoms with Crippen LogP contribution in [0.3, 0.4) is 0 Å². The highest BCUT2D eigenvalue weighted by Crippen LogP contribution is 2.18. The SMILES string of the molecule is CCN(CC(=O)NC(C)C)c1cnccc1C(=O)O. The summed E-state index contributed by atoms with van der Waals surface area (Å²) in [7, 11) is 0. The highest BCUT2D eigenvalue weighted by molar-refractivity contribution is 5.95. The molecule has 104 valence electrons. The van der Waals surface area contributed by atoms with E-state index in [1.165, 1.54) is 18.5 Å². The largest absolute Gasteiger partial charge is 0.478 e. The van der Waals surface area contributed by atoms with Gasteiger partial charge in [-0.3, -0.25) is 9.78 Å². The Morgan fingerprint density at radius 2 is 2.16 bits per heavy atom. The molecule has 1 aromatic rings. The van der Waals surface area contributed by atoms with Crippen molar-refractivity contribution in [1.82, 2.24) is 10.3 Å². The number of nitrogens with one attached hydrogen (secondary N) is 1. The molecule has 0 aliphatic heterocycles. The average Bonchev–Trinajstić information content (AvgIpc) is 2.35. The normalized spacial score (nSPS) is 10.3. The molecule has 0 bridgehead atoms. The lowest BCUT2D eigenvalue weighted by Gasteiger charge is -2.24. The summed E-state index contributed by atoms with van der Waals surface area (Å²) in [6, 6.07) is 1.49. The topological polar surface area (TPSA) is 82.5 Å². The number of carboxylic acids is 1. The number of nitrogens with zero attached hydrogens (tertiary/aromatic N) is 2. The van der Waals surface area contributed by atoms with E-state index < -0.39 is 5.97 Å². The van der Waals surface area contributed by atoms with E-state index in [1.807, 2.05) is 20.8 Å². The molecule has 0 unspecified atom stereocenters. The summed E-state index contributed by atoms with van der Waals surface area (Å²) in [5, 5.41) is 11.9. The van der Waals surface area contributed by atoms with Gasteiger partial charge in [-0.1, -0.05) is 0 Å². The molecule has 6 nitrogen and oxygen atoms in total. The first kappa shape index (κ1) is 14.9. The molecule has 0 radical (unpaired) electrons. The van der Waals surface area contributed by atoms with Crippen molar-refractivity contribution < 1.29 is 14.7 Å². The van der Waals surface area contributed by atoms with E-state index >= 15 is 0 Å². The van der Waals surface area contributed by atoms with Crippen LogP contribution in [0.15, 0.2) is 18.5 Å². The monoisotopic (exact) mass is 265 g/mol. The molecule has 0 spiro atoms. The van der Waals surface area contributed by atoms with Gasteiger partial charge in [0.15, 0.2) is 0 Å². The van der Waals surface area contributed by atoms with E-state index in [9.17, 15) is 9.59 Å². The van der Waals surface area contributed by atoms with Crippen LogP contribution in [0.2, 0.25) is 0 Å². The number of aromatic nitrogens is 1. The van der Waals surface area contributed by atoms with E-state index in [0.717, 1.165) is 0 Å². The number of carbonyl (C=O) groups excluding carboxylic acids is 1. The van der Waals surface area contributed by atoms with Crippen molar-refractivity contribution in [2.45, 2.75) is 26.8 Å². The highest BCUT2D eigenvalue weighted by atomic mass is 16.4. The van der Waals surface area contributed by atoms with Gasteiger partial charge in [0, 0.05) is 18.8 Å². The smallest absolute Gasteiger partial charge is 0.337 e. The summed E-state index contributed by atoms with van der Waals surface area (Å²) in [4.78, 5) is 28.5. The van der Waals surface area contributed by atoms with E-state index in [1.54, 1.807) is 4.90 Å². The molecule has 0 saturated carbocycles. The van der Waals surface area contributed by atoms with Crippen molar-refractivity contribution in [1.29, 1.82) is 0 Å². The number of pyridine rings is 1. The Bertz CT molecular complexity index is 460. The van der Waals surface area contributed by atoms with Gasteiger partial charge >= 0.3 is 5.97 Å². The molecule has 1 heterocycles. The second-order valence-corrected chi connectivity index (χ2v) is 4.43. The zero-order valence-electron chi connectivity index (χ0n) is 11.4. The Labute approximate surface area is 112 Å².